The van der Waals surface area contributed by atoms with Gasteiger partial charge in [-0.25, -0.2) is 0 Å². The minimum atomic E-state index is -0.0773. The summed E-state index contributed by atoms with van der Waals surface area (Å²) in [5.74, 6) is 0.583. The quantitative estimate of drug-likeness (QED) is 0.135. The minimum Gasteiger partial charge on any atom is -0.370 e. The third kappa shape index (κ3) is 8.89. The van der Waals surface area contributed by atoms with Gasteiger partial charge in [0, 0.05) is 12.1 Å². The molecule has 0 bridgehead atoms. The summed E-state index contributed by atoms with van der Waals surface area (Å²) in [6.07, 6.45) is 12.4. The number of hydrogen-bond acceptors (Lipinski definition) is 3. The highest BCUT2D eigenvalue weighted by Gasteiger charge is 2.29. The second-order valence-electron chi connectivity index (χ2n) is 8.40. The van der Waals surface area contributed by atoms with E-state index in [1.54, 1.807) is 4.90 Å². The number of nitrogens with one attached hydrogen (secondary N) is 1. The second kappa shape index (κ2) is 15.3. The summed E-state index contributed by atoms with van der Waals surface area (Å²) in [5, 5.41) is 11.9. The molecule has 32 heavy (non-hydrogen) atoms. The molecule has 1 saturated heterocycles. The number of nitrogens with two attached hydrogens (primary N) is 1. The van der Waals surface area contributed by atoms with Gasteiger partial charge in [-0.1, -0.05) is 94.4 Å². The molecule has 0 aliphatic carbocycles. The fourth-order valence-electron chi connectivity index (χ4n) is 3.91. The molecule has 1 fully saturated rings. The average molecular weight is 441 g/mol. The Kier molecular flexibility index (Phi) is 13.1. The normalized spacial score (nSPS) is 16.4. The first-order valence-electron chi connectivity index (χ1n) is 12.1. The van der Waals surface area contributed by atoms with Crippen LogP contribution in [0.5, 0.6) is 0 Å². The van der Waals surface area contributed by atoms with E-state index in [0.29, 0.717) is 5.76 Å². The predicted octanol–water partition coefficient (Wildman–Crippen LogP) is 7.03. The fourth-order valence-corrected chi connectivity index (χ4v) is 3.91. The Labute approximate surface area is 195 Å². The number of likely N-dealkylation sites (tertiary alicyclic amines) is 1. The van der Waals surface area contributed by atoms with E-state index in [2.05, 4.69) is 44.6 Å². The maximum atomic E-state index is 7.63. The number of rotatable bonds is 10. The van der Waals surface area contributed by atoms with E-state index in [1.807, 2.05) is 32.1 Å². The largest absolute Gasteiger partial charge is 0.370 e. The Bertz CT molecular complexity index is 776. The predicted molar refractivity (Wildman–Crippen MR) is 139 cm³/mol. The molecular weight excluding hydrogens is 396 g/mol. The summed E-state index contributed by atoms with van der Waals surface area (Å²) in [4.78, 5) is 7.37. The Morgan fingerprint density at radius 3 is 2.38 bits per heavy atom. The number of aryl methyl sites for hydroxylation is 1. The molecule has 1 aliphatic rings. The lowest BCUT2D eigenvalue weighted by atomic mass is 9.97. The van der Waals surface area contributed by atoms with Gasteiger partial charge >= 0.3 is 0 Å². The van der Waals surface area contributed by atoms with Gasteiger partial charge < -0.3 is 15.5 Å². The standard InChI is InChI=1S/C19H26N4O.C8H18/c1-5-16(17-10-7-6-9-13(17)2)14(3)22-24-15(4)18-11-8-12-23(18)19(20)21;1-3-5-7-8-6-4-2/h5-7,9-10,18H,4,8,11-12H2,1-3H3,(H3,20,21);3-8H2,1-2H3/b16-5-,22-14+;/t18-;/m0./s1. The summed E-state index contributed by atoms with van der Waals surface area (Å²) in [7, 11) is 0. The van der Waals surface area contributed by atoms with Crippen LogP contribution in [0, 0.1) is 12.3 Å². The number of guanidine groups is 1. The molecule has 0 aromatic heterocycles. The summed E-state index contributed by atoms with van der Waals surface area (Å²) in [6.45, 7) is 15.2. The lowest BCUT2D eigenvalue weighted by Crippen LogP contribution is -2.41. The molecule has 178 valence electrons. The summed E-state index contributed by atoms with van der Waals surface area (Å²) in [5.41, 5.74) is 9.77. The van der Waals surface area contributed by atoms with E-state index in [1.165, 1.54) is 44.1 Å². The van der Waals surface area contributed by atoms with E-state index in [-0.39, 0.29) is 12.0 Å². The Morgan fingerprint density at radius 2 is 1.84 bits per heavy atom. The van der Waals surface area contributed by atoms with Crippen molar-refractivity contribution in [2.45, 2.75) is 92.0 Å². The summed E-state index contributed by atoms with van der Waals surface area (Å²) >= 11 is 0. The van der Waals surface area contributed by atoms with Crippen LogP contribution < -0.4 is 5.73 Å². The molecule has 5 nitrogen and oxygen atoms in total. The SMILES string of the molecule is C=C(O/N=C(C)/C(=C/C)c1ccccc1C)[C@@H]1CCCN1C(=N)N.CCCCCCCC. The van der Waals surface area contributed by atoms with Gasteiger partial charge in [0.25, 0.3) is 0 Å². The molecule has 1 heterocycles. The molecular formula is C27H44N4O. The van der Waals surface area contributed by atoms with Crippen LogP contribution in [0.4, 0.5) is 0 Å². The smallest absolute Gasteiger partial charge is 0.189 e. The first kappa shape index (κ1) is 27.5. The van der Waals surface area contributed by atoms with Crippen molar-refractivity contribution in [1.82, 2.24) is 4.90 Å². The fraction of sp³-hybridized carbons (Fsp3) is 0.556. The van der Waals surface area contributed by atoms with Gasteiger partial charge in [-0.3, -0.25) is 5.41 Å². The van der Waals surface area contributed by atoms with Crippen molar-refractivity contribution in [3.63, 3.8) is 0 Å². The third-order valence-electron chi connectivity index (χ3n) is 5.80. The molecule has 0 unspecified atom stereocenters. The monoisotopic (exact) mass is 440 g/mol. The molecule has 0 radical (unpaired) electrons. The number of nitrogens with zero attached hydrogens (tertiary/aromatic N) is 2. The highest BCUT2D eigenvalue weighted by Crippen LogP contribution is 2.24. The summed E-state index contributed by atoms with van der Waals surface area (Å²) < 4.78 is 0. The van der Waals surface area contributed by atoms with E-state index in [4.69, 9.17) is 16.0 Å². The lowest BCUT2D eigenvalue weighted by Gasteiger charge is -2.24. The Hall–Kier alpha value is -2.56. The van der Waals surface area contributed by atoms with Crippen LogP contribution in [-0.4, -0.2) is 29.2 Å². The average Bonchev–Trinajstić information content (AvgIpc) is 3.28. The maximum Gasteiger partial charge on any atom is 0.189 e. The van der Waals surface area contributed by atoms with Crippen molar-refractivity contribution in [2.24, 2.45) is 10.9 Å². The van der Waals surface area contributed by atoms with E-state index in [9.17, 15) is 0 Å². The van der Waals surface area contributed by atoms with Crippen LogP contribution in [0.3, 0.4) is 0 Å². The minimum absolute atomic E-state index is 0.0528. The van der Waals surface area contributed by atoms with Crippen LogP contribution in [0.25, 0.3) is 5.57 Å². The zero-order valence-electron chi connectivity index (χ0n) is 20.9. The molecule has 1 aliphatic heterocycles. The lowest BCUT2D eigenvalue weighted by molar-refractivity contribution is 0.181. The van der Waals surface area contributed by atoms with Gasteiger partial charge in [-0.05, 0) is 44.7 Å². The number of oxime groups is 1. The van der Waals surface area contributed by atoms with Crippen molar-refractivity contribution < 1.29 is 4.84 Å². The van der Waals surface area contributed by atoms with Gasteiger partial charge in [0.1, 0.15) is 5.76 Å². The first-order valence-corrected chi connectivity index (χ1v) is 12.1. The van der Waals surface area contributed by atoms with E-state index < -0.39 is 0 Å². The second-order valence-corrected chi connectivity index (χ2v) is 8.40. The van der Waals surface area contributed by atoms with Crippen molar-refractivity contribution in [2.75, 3.05) is 6.54 Å². The van der Waals surface area contributed by atoms with Crippen LogP contribution in [-0.2, 0) is 4.84 Å². The Morgan fingerprint density at radius 1 is 1.22 bits per heavy atom. The molecule has 3 N–H and O–H groups in total. The number of allylic oxidation sites excluding steroid dienone is 2. The molecule has 1 aromatic rings. The number of unbranched alkanes of at least 4 members (excludes halogenated alkanes) is 5. The number of hydrogen-bond donors (Lipinski definition) is 2. The van der Waals surface area contributed by atoms with Crippen molar-refractivity contribution in [3.05, 3.63) is 53.8 Å². The molecule has 0 amide bonds. The highest BCUT2D eigenvalue weighted by atomic mass is 16.6. The Balaban J connectivity index is 0.000000547. The topological polar surface area (TPSA) is 74.7 Å². The zero-order valence-corrected chi connectivity index (χ0v) is 20.9. The molecule has 0 spiro atoms. The van der Waals surface area contributed by atoms with E-state index >= 15 is 0 Å². The van der Waals surface area contributed by atoms with Crippen LogP contribution in [0.15, 0.2) is 47.8 Å². The molecule has 5 heteroatoms. The van der Waals surface area contributed by atoms with Crippen molar-refractivity contribution >= 4 is 17.2 Å². The van der Waals surface area contributed by atoms with Crippen LogP contribution in [0.2, 0.25) is 0 Å². The van der Waals surface area contributed by atoms with E-state index in [0.717, 1.165) is 36.2 Å². The first-order chi connectivity index (χ1) is 15.4. The summed E-state index contributed by atoms with van der Waals surface area (Å²) in [6, 6.07) is 8.11. The van der Waals surface area contributed by atoms with Gasteiger partial charge in [0.15, 0.2) is 5.96 Å². The zero-order chi connectivity index (χ0) is 23.9. The van der Waals surface area contributed by atoms with Gasteiger partial charge in [0.05, 0.1) is 11.8 Å². The van der Waals surface area contributed by atoms with Gasteiger partial charge in [-0.15, -0.1) is 0 Å². The maximum absolute atomic E-state index is 7.63. The van der Waals surface area contributed by atoms with Gasteiger partial charge in [0.2, 0.25) is 0 Å². The third-order valence-corrected chi connectivity index (χ3v) is 5.80. The molecule has 2 rings (SSSR count). The highest BCUT2D eigenvalue weighted by molar-refractivity contribution is 6.22. The van der Waals surface area contributed by atoms with Gasteiger partial charge in [-0.2, -0.15) is 0 Å². The molecule has 1 atom stereocenters. The van der Waals surface area contributed by atoms with Crippen LogP contribution in [0.1, 0.15) is 90.2 Å². The molecule has 1 aromatic carbocycles. The van der Waals surface area contributed by atoms with Crippen molar-refractivity contribution in [1.29, 1.82) is 5.41 Å². The number of benzene rings is 1. The van der Waals surface area contributed by atoms with Crippen molar-refractivity contribution in [3.8, 4) is 0 Å². The van der Waals surface area contributed by atoms with Crippen LogP contribution >= 0.6 is 0 Å². The molecule has 0 saturated carbocycles.